The molecule has 3 rings (SSSR count). The molecule has 1 aromatic heterocycles. The van der Waals surface area contributed by atoms with E-state index in [2.05, 4.69) is 24.9 Å². The topological polar surface area (TPSA) is 66.9 Å². The van der Waals surface area contributed by atoms with Crippen molar-refractivity contribution in [3.8, 4) is 17.2 Å². The maximum atomic E-state index is 11.9. The van der Waals surface area contributed by atoms with Gasteiger partial charge in [0.2, 0.25) is 0 Å². The van der Waals surface area contributed by atoms with Gasteiger partial charge in [0.15, 0.2) is 11.5 Å². The van der Waals surface area contributed by atoms with Gasteiger partial charge < -0.3 is 18.9 Å². The predicted molar refractivity (Wildman–Crippen MR) is 120 cm³/mol. The molecule has 1 heterocycles. The largest absolute Gasteiger partial charge is 0.493 e. The Bertz CT molecular complexity index is 1060. The molecule has 0 saturated carbocycles. The minimum absolute atomic E-state index is 0.133. The van der Waals surface area contributed by atoms with Gasteiger partial charge in [-0.05, 0) is 54.1 Å². The number of hydrogen-bond donors (Lipinski definition) is 0. The van der Waals surface area contributed by atoms with Crippen LogP contribution < -0.4 is 14.2 Å². The van der Waals surface area contributed by atoms with E-state index in [-0.39, 0.29) is 18.5 Å². The second-order valence-electron chi connectivity index (χ2n) is 7.40. The SMILES string of the molecule is CCC(C)Oc1cccc(Cc2ncc(CC(=O)OC)c3cc(OC)c(OC)cc23)c1. The molecule has 1 unspecified atom stereocenters. The third-order valence-electron chi connectivity index (χ3n) is 5.30. The first-order chi connectivity index (χ1) is 15.0. The number of fused-ring (bicyclic) bond motifs is 1. The van der Waals surface area contributed by atoms with Crippen molar-refractivity contribution in [3.63, 3.8) is 0 Å². The van der Waals surface area contributed by atoms with Crippen molar-refractivity contribution in [1.29, 1.82) is 0 Å². The summed E-state index contributed by atoms with van der Waals surface area (Å²) in [5, 5.41) is 1.80. The van der Waals surface area contributed by atoms with Crippen LogP contribution in [0.2, 0.25) is 0 Å². The lowest BCUT2D eigenvalue weighted by molar-refractivity contribution is -0.139. The number of carbonyl (C=O) groups excluding carboxylic acids is 1. The van der Waals surface area contributed by atoms with Crippen LogP contribution in [-0.4, -0.2) is 38.4 Å². The highest BCUT2D eigenvalue weighted by Crippen LogP contribution is 2.35. The number of benzene rings is 2. The molecule has 6 heteroatoms. The first-order valence-corrected chi connectivity index (χ1v) is 10.3. The minimum Gasteiger partial charge on any atom is -0.493 e. The molecule has 164 valence electrons. The third-order valence-corrected chi connectivity index (χ3v) is 5.30. The van der Waals surface area contributed by atoms with Crippen molar-refractivity contribution in [2.24, 2.45) is 0 Å². The van der Waals surface area contributed by atoms with E-state index in [1.807, 2.05) is 30.3 Å². The molecule has 2 aromatic carbocycles. The summed E-state index contributed by atoms with van der Waals surface area (Å²) in [5.41, 5.74) is 2.75. The van der Waals surface area contributed by atoms with Gasteiger partial charge in [-0.15, -0.1) is 0 Å². The maximum Gasteiger partial charge on any atom is 0.310 e. The van der Waals surface area contributed by atoms with E-state index in [0.29, 0.717) is 17.9 Å². The van der Waals surface area contributed by atoms with E-state index in [9.17, 15) is 4.79 Å². The van der Waals surface area contributed by atoms with Crippen LogP contribution in [0.4, 0.5) is 0 Å². The lowest BCUT2D eigenvalue weighted by atomic mass is 9.98. The molecular formula is C25H29NO5. The molecule has 0 fully saturated rings. The van der Waals surface area contributed by atoms with Crippen LogP contribution in [0.1, 0.15) is 37.1 Å². The van der Waals surface area contributed by atoms with E-state index in [0.717, 1.165) is 39.8 Å². The van der Waals surface area contributed by atoms with Crippen LogP contribution in [0.5, 0.6) is 17.2 Å². The Balaban J connectivity index is 2.05. The summed E-state index contributed by atoms with van der Waals surface area (Å²) in [7, 11) is 4.57. The summed E-state index contributed by atoms with van der Waals surface area (Å²) in [6, 6.07) is 11.9. The van der Waals surface area contributed by atoms with E-state index in [1.54, 1.807) is 20.4 Å². The maximum absolute atomic E-state index is 11.9. The molecule has 0 bridgehead atoms. The number of pyridine rings is 1. The van der Waals surface area contributed by atoms with Crippen LogP contribution >= 0.6 is 0 Å². The fraction of sp³-hybridized carbons (Fsp3) is 0.360. The molecule has 0 radical (unpaired) electrons. The molecule has 0 saturated heterocycles. The fourth-order valence-corrected chi connectivity index (χ4v) is 3.43. The lowest BCUT2D eigenvalue weighted by Crippen LogP contribution is -2.09. The van der Waals surface area contributed by atoms with Gasteiger partial charge in [-0.1, -0.05) is 19.1 Å². The molecule has 6 nitrogen and oxygen atoms in total. The fourth-order valence-electron chi connectivity index (χ4n) is 3.43. The minimum atomic E-state index is -0.319. The van der Waals surface area contributed by atoms with Gasteiger partial charge in [0.25, 0.3) is 0 Å². The van der Waals surface area contributed by atoms with E-state index >= 15 is 0 Å². The summed E-state index contributed by atoms with van der Waals surface area (Å²) in [6.45, 7) is 4.16. The second kappa shape index (κ2) is 10.2. The van der Waals surface area contributed by atoms with Crippen LogP contribution in [-0.2, 0) is 22.4 Å². The predicted octanol–water partition coefficient (Wildman–Crippen LogP) is 4.74. The normalized spacial score (nSPS) is 11.8. The summed E-state index contributed by atoms with van der Waals surface area (Å²) < 4.78 is 21.8. The highest BCUT2D eigenvalue weighted by molar-refractivity contribution is 5.93. The second-order valence-corrected chi connectivity index (χ2v) is 7.40. The Morgan fingerprint density at radius 1 is 1.03 bits per heavy atom. The average Bonchev–Trinajstić information content (AvgIpc) is 2.79. The van der Waals surface area contributed by atoms with Crippen molar-refractivity contribution in [2.45, 2.75) is 39.2 Å². The number of ether oxygens (including phenoxy) is 4. The Hall–Kier alpha value is -3.28. The first kappa shape index (κ1) is 22.4. The summed E-state index contributed by atoms with van der Waals surface area (Å²) in [5.74, 6) is 1.74. The van der Waals surface area contributed by atoms with Crippen molar-refractivity contribution >= 4 is 16.7 Å². The van der Waals surface area contributed by atoms with Gasteiger partial charge in [-0.25, -0.2) is 0 Å². The smallest absolute Gasteiger partial charge is 0.310 e. The number of nitrogens with zero attached hydrogens (tertiary/aromatic N) is 1. The Kier molecular flexibility index (Phi) is 7.34. The number of hydrogen-bond acceptors (Lipinski definition) is 6. The van der Waals surface area contributed by atoms with Gasteiger partial charge in [-0.3, -0.25) is 9.78 Å². The molecule has 0 N–H and O–H groups in total. The molecule has 0 aliphatic carbocycles. The Morgan fingerprint density at radius 3 is 2.39 bits per heavy atom. The van der Waals surface area contributed by atoms with E-state index in [1.165, 1.54) is 7.11 Å². The van der Waals surface area contributed by atoms with Crippen LogP contribution in [0.3, 0.4) is 0 Å². The van der Waals surface area contributed by atoms with Crippen molar-refractivity contribution < 1.29 is 23.7 Å². The van der Waals surface area contributed by atoms with Gasteiger partial charge >= 0.3 is 5.97 Å². The zero-order valence-electron chi connectivity index (χ0n) is 18.7. The zero-order valence-corrected chi connectivity index (χ0v) is 18.7. The number of esters is 1. The van der Waals surface area contributed by atoms with E-state index in [4.69, 9.17) is 18.9 Å². The van der Waals surface area contributed by atoms with Gasteiger partial charge in [0.1, 0.15) is 5.75 Å². The molecule has 0 amide bonds. The number of aromatic nitrogens is 1. The highest BCUT2D eigenvalue weighted by atomic mass is 16.5. The van der Waals surface area contributed by atoms with Gasteiger partial charge in [0.05, 0.1) is 39.5 Å². The monoisotopic (exact) mass is 423 g/mol. The summed E-state index contributed by atoms with van der Waals surface area (Å²) >= 11 is 0. The summed E-state index contributed by atoms with van der Waals surface area (Å²) in [4.78, 5) is 16.6. The van der Waals surface area contributed by atoms with Crippen LogP contribution in [0.15, 0.2) is 42.6 Å². The van der Waals surface area contributed by atoms with Crippen LogP contribution in [0.25, 0.3) is 10.8 Å². The first-order valence-electron chi connectivity index (χ1n) is 10.3. The molecule has 0 aliphatic rings. The average molecular weight is 424 g/mol. The number of methoxy groups -OCH3 is 3. The summed E-state index contributed by atoms with van der Waals surface area (Å²) in [6.07, 6.45) is 3.58. The molecule has 1 atom stereocenters. The standard InChI is InChI=1S/C25H29NO5/c1-6-16(2)31-19-9-7-8-17(10-19)11-22-21-14-24(29-4)23(28-3)13-20(21)18(15-26-22)12-25(27)30-5/h7-10,13-16H,6,11-12H2,1-5H3. The van der Waals surface area contributed by atoms with Crippen molar-refractivity contribution in [2.75, 3.05) is 21.3 Å². The number of rotatable bonds is 9. The molecule has 0 aliphatic heterocycles. The highest BCUT2D eigenvalue weighted by Gasteiger charge is 2.16. The third kappa shape index (κ3) is 5.26. The van der Waals surface area contributed by atoms with Crippen LogP contribution in [0, 0.1) is 0 Å². The molecule has 3 aromatic rings. The van der Waals surface area contributed by atoms with Crippen molar-refractivity contribution in [1.82, 2.24) is 4.98 Å². The van der Waals surface area contributed by atoms with E-state index < -0.39 is 0 Å². The van der Waals surface area contributed by atoms with Gasteiger partial charge in [0, 0.05) is 18.0 Å². The van der Waals surface area contributed by atoms with Gasteiger partial charge in [-0.2, -0.15) is 0 Å². The lowest BCUT2D eigenvalue weighted by Gasteiger charge is -2.15. The Labute approximate surface area is 183 Å². The molecule has 31 heavy (non-hydrogen) atoms. The number of carbonyl (C=O) groups is 1. The molecule has 0 spiro atoms. The Morgan fingerprint density at radius 2 is 1.74 bits per heavy atom. The quantitative estimate of drug-likeness (QED) is 0.463. The molecular weight excluding hydrogens is 394 g/mol. The van der Waals surface area contributed by atoms with Crippen molar-refractivity contribution in [3.05, 3.63) is 59.4 Å². The zero-order chi connectivity index (χ0) is 22.4.